The first kappa shape index (κ1) is 13.5. The third kappa shape index (κ3) is 3.31. The average molecular weight is 265 g/mol. The van der Waals surface area contributed by atoms with E-state index in [2.05, 4.69) is 22.1 Å². The number of hydrogen-bond acceptors (Lipinski definition) is 6. The van der Waals surface area contributed by atoms with Gasteiger partial charge in [-0.25, -0.2) is 4.98 Å². The Morgan fingerprint density at radius 3 is 3.00 bits per heavy atom. The van der Waals surface area contributed by atoms with Gasteiger partial charge in [-0.3, -0.25) is 10.1 Å². The molecule has 1 fully saturated rings. The number of nitrogens with one attached hydrogen (secondary N) is 1. The SMILES string of the molecule is CCN1CCC(CNc2ccc([N+](=O)[O-])c(N)n2)C1. The lowest BCUT2D eigenvalue weighted by atomic mass is 10.1. The second-order valence-corrected chi connectivity index (χ2v) is 4.79. The molecule has 0 bridgehead atoms. The molecular formula is C12H19N5O2. The molecule has 1 aromatic rings. The van der Waals surface area contributed by atoms with E-state index < -0.39 is 4.92 Å². The van der Waals surface area contributed by atoms with E-state index in [1.54, 1.807) is 6.07 Å². The molecule has 1 atom stereocenters. The van der Waals surface area contributed by atoms with Gasteiger partial charge in [-0.05, 0) is 31.5 Å². The van der Waals surface area contributed by atoms with Crippen LogP contribution in [0.4, 0.5) is 17.3 Å². The van der Waals surface area contributed by atoms with E-state index in [1.807, 2.05) is 0 Å². The zero-order chi connectivity index (χ0) is 13.8. The molecule has 0 radical (unpaired) electrons. The van der Waals surface area contributed by atoms with Crippen molar-refractivity contribution in [3.05, 3.63) is 22.2 Å². The van der Waals surface area contributed by atoms with Crippen LogP contribution in [0.2, 0.25) is 0 Å². The molecule has 1 aliphatic heterocycles. The molecule has 1 unspecified atom stereocenters. The fourth-order valence-electron chi connectivity index (χ4n) is 2.34. The van der Waals surface area contributed by atoms with Gasteiger partial charge in [0.2, 0.25) is 5.82 Å². The normalized spacial score (nSPS) is 19.5. The molecule has 0 spiro atoms. The summed E-state index contributed by atoms with van der Waals surface area (Å²) in [4.78, 5) is 16.5. The van der Waals surface area contributed by atoms with Crippen molar-refractivity contribution >= 4 is 17.3 Å². The second-order valence-electron chi connectivity index (χ2n) is 4.79. The van der Waals surface area contributed by atoms with Crippen LogP contribution in [0.1, 0.15) is 13.3 Å². The van der Waals surface area contributed by atoms with E-state index in [9.17, 15) is 10.1 Å². The maximum Gasteiger partial charge on any atom is 0.311 e. The van der Waals surface area contributed by atoms with Crippen molar-refractivity contribution in [2.75, 3.05) is 37.2 Å². The van der Waals surface area contributed by atoms with Crippen LogP contribution in [0.5, 0.6) is 0 Å². The topological polar surface area (TPSA) is 97.3 Å². The molecule has 0 aromatic carbocycles. The minimum absolute atomic E-state index is 0.0448. The van der Waals surface area contributed by atoms with Crippen LogP contribution in [-0.2, 0) is 0 Å². The van der Waals surface area contributed by atoms with Crippen LogP contribution in [0, 0.1) is 16.0 Å². The first-order valence-corrected chi connectivity index (χ1v) is 6.47. The van der Waals surface area contributed by atoms with Crippen LogP contribution in [-0.4, -0.2) is 41.0 Å². The third-order valence-electron chi connectivity index (χ3n) is 3.49. The van der Waals surface area contributed by atoms with Gasteiger partial charge in [0, 0.05) is 19.2 Å². The molecule has 104 valence electrons. The van der Waals surface area contributed by atoms with Crippen LogP contribution >= 0.6 is 0 Å². The summed E-state index contributed by atoms with van der Waals surface area (Å²) in [5.41, 5.74) is 5.40. The Hall–Kier alpha value is -1.89. The number of nitrogens with two attached hydrogens (primary N) is 1. The van der Waals surface area contributed by atoms with Crippen molar-refractivity contribution in [2.45, 2.75) is 13.3 Å². The first-order valence-electron chi connectivity index (χ1n) is 6.47. The van der Waals surface area contributed by atoms with Crippen molar-refractivity contribution in [1.29, 1.82) is 0 Å². The Balaban J connectivity index is 1.90. The van der Waals surface area contributed by atoms with Crippen molar-refractivity contribution in [1.82, 2.24) is 9.88 Å². The van der Waals surface area contributed by atoms with Gasteiger partial charge >= 0.3 is 5.69 Å². The predicted octanol–water partition coefficient (Wildman–Crippen LogP) is 1.33. The standard InChI is InChI=1S/C12H19N5O2/c1-2-16-6-5-9(8-16)7-14-11-4-3-10(17(18)19)12(13)15-11/h3-4,9H,2,5-8H2,1H3,(H3,13,14,15). The van der Waals surface area contributed by atoms with Gasteiger partial charge in [-0.15, -0.1) is 0 Å². The molecular weight excluding hydrogens is 246 g/mol. The molecule has 2 heterocycles. The summed E-state index contributed by atoms with van der Waals surface area (Å²) in [7, 11) is 0. The Kier molecular flexibility index (Phi) is 4.16. The van der Waals surface area contributed by atoms with Gasteiger partial charge in [0.1, 0.15) is 5.82 Å². The van der Waals surface area contributed by atoms with Crippen LogP contribution in [0.25, 0.3) is 0 Å². The van der Waals surface area contributed by atoms with E-state index in [0.29, 0.717) is 11.7 Å². The summed E-state index contributed by atoms with van der Waals surface area (Å²) < 4.78 is 0. The maximum absolute atomic E-state index is 10.6. The van der Waals surface area contributed by atoms with E-state index in [4.69, 9.17) is 5.73 Å². The highest BCUT2D eigenvalue weighted by Crippen LogP contribution is 2.21. The number of anilines is 2. The quantitative estimate of drug-likeness (QED) is 0.615. The van der Waals surface area contributed by atoms with Gasteiger partial charge in [0.25, 0.3) is 0 Å². The van der Waals surface area contributed by atoms with Crippen molar-refractivity contribution < 1.29 is 4.92 Å². The number of nitrogen functional groups attached to an aromatic ring is 1. The zero-order valence-corrected chi connectivity index (χ0v) is 11.0. The molecule has 1 saturated heterocycles. The molecule has 19 heavy (non-hydrogen) atoms. The highest BCUT2D eigenvalue weighted by atomic mass is 16.6. The summed E-state index contributed by atoms with van der Waals surface area (Å²) in [6, 6.07) is 2.98. The zero-order valence-electron chi connectivity index (χ0n) is 11.0. The lowest BCUT2D eigenvalue weighted by molar-refractivity contribution is -0.384. The monoisotopic (exact) mass is 265 g/mol. The predicted molar refractivity (Wildman–Crippen MR) is 74.0 cm³/mol. The van der Waals surface area contributed by atoms with E-state index in [-0.39, 0.29) is 11.5 Å². The molecule has 1 aromatic heterocycles. The van der Waals surface area contributed by atoms with E-state index in [0.717, 1.165) is 26.2 Å². The maximum atomic E-state index is 10.6. The summed E-state index contributed by atoms with van der Waals surface area (Å²) in [5.74, 6) is 1.15. The van der Waals surface area contributed by atoms with E-state index >= 15 is 0 Å². The van der Waals surface area contributed by atoms with Crippen molar-refractivity contribution in [3.8, 4) is 0 Å². The summed E-state index contributed by atoms with van der Waals surface area (Å²) >= 11 is 0. The fourth-order valence-corrected chi connectivity index (χ4v) is 2.34. The Morgan fingerprint density at radius 2 is 2.42 bits per heavy atom. The minimum atomic E-state index is -0.526. The number of likely N-dealkylation sites (tertiary alicyclic amines) is 1. The number of hydrogen-bond donors (Lipinski definition) is 2. The Labute approximate surface area is 112 Å². The van der Waals surface area contributed by atoms with Crippen molar-refractivity contribution in [2.24, 2.45) is 5.92 Å². The first-order chi connectivity index (χ1) is 9.10. The van der Waals surface area contributed by atoms with E-state index in [1.165, 1.54) is 12.5 Å². The van der Waals surface area contributed by atoms with Gasteiger partial charge < -0.3 is 16.0 Å². The molecule has 7 nitrogen and oxygen atoms in total. The molecule has 3 N–H and O–H groups in total. The number of nitrogens with zero attached hydrogens (tertiary/aromatic N) is 3. The molecule has 0 amide bonds. The van der Waals surface area contributed by atoms with Gasteiger partial charge in [-0.1, -0.05) is 6.92 Å². The average Bonchev–Trinajstić information content (AvgIpc) is 2.84. The molecule has 7 heteroatoms. The number of pyridine rings is 1. The smallest absolute Gasteiger partial charge is 0.311 e. The molecule has 2 rings (SSSR count). The van der Waals surface area contributed by atoms with Gasteiger partial charge in [0.15, 0.2) is 0 Å². The molecule has 0 saturated carbocycles. The fraction of sp³-hybridized carbons (Fsp3) is 0.583. The van der Waals surface area contributed by atoms with Gasteiger partial charge in [-0.2, -0.15) is 0 Å². The van der Waals surface area contributed by atoms with Crippen LogP contribution in [0.15, 0.2) is 12.1 Å². The second kappa shape index (κ2) is 5.83. The largest absolute Gasteiger partial charge is 0.378 e. The number of aromatic nitrogens is 1. The summed E-state index contributed by atoms with van der Waals surface area (Å²) in [6.45, 7) is 6.29. The summed E-state index contributed by atoms with van der Waals surface area (Å²) in [5, 5.41) is 13.8. The summed E-state index contributed by atoms with van der Waals surface area (Å²) in [6.07, 6.45) is 1.17. The lowest BCUT2D eigenvalue weighted by Gasteiger charge is -2.14. The molecule has 1 aliphatic rings. The van der Waals surface area contributed by atoms with Crippen LogP contribution < -0.4 is 11.1 Å². The van der Waals surface area contributed by atoms with Crippen LogP contribution in [0.3, 0.4) is 0 Å². The number of rotatable bonds is 5. The van der Waals surface area contributed by atoms with Gasteiger partial charge in [0.05, 0.1) is 4.92 Å². The number of nitro groups is 1. The highest BCUT2D eigenvalue weighted by molar-refractivity contribution is 5.57. The van der Waals surface area contributed by atoms with Crippen molar-refractivity contribution in [3.63, 3.8) is 0 Å². The third-order valence-corrected chi connectivity index (χ3v) is 3.49. The lowest BCUT2D eigenvalue weighted by Crippen LogP contribution is -2.22. The Bertz CT molecular complexity index is 465. The minimum Gasteiger partial charge on any atom is -0.378 e. The Morgan fingerprint density at radius 1 is 1.63 bits per heavy atom. The highest BCUT2D eigenvalue weighted by Gasteiger charge is 2.21. The molecule has 0 aliphatic carbocycles.